The first kappa shape index (κ1) is 12.2. The quantitative estimate of drug-likeness (QED) is 0.552. The number of aromatic nitrogens is 2. The summed E-state index contributed by atoms with van der Waals surface area (Å²) in [6.45, 7) is 3.00. The smallest absolute Gasteiger partial charge is 0.215 e. The summed E-state index contributed by atoms with van der Waals surface area (Å²) < 4.78 is 1.52. The Morgan fingerprint density at radius 2 is 2.32 bits per heavy atom. The van der Waals surface area contributed by atoms with Gasteiger partial charge in [-0.05, 0) is 38.3 Å². The summed E-state index contributed by atoms with van der Waals surface area (Å²) in [5.74, 6) is 0.858. The van der Waals surface area contributed by atoms with Gasteiger partial charge in [0.1, 0.15) is 11.5 Å². The Labute approximate surface area is 115 Å². The number of aryl methyl sites for hydroxylation is 1. The number of nitrogens with zero attached hydrogens (tertiary/aromatic N) is 2. The minimum absolute atomic E-state index is 0.0369. The van der Waals surface area contributed by atoms with Gasteiger partial charge in [0, 0.05) is 17.0 Å². The molecule has 2 aromatic heterocycles. The Morgan fingerprint density at radius 3 is 3.00 bits per heavy atom. The lowest BCUT2D eigenvalue weighted by Crippen LogP contribution is -2.24. The van der Waals surface area contributed by atoms with Crippen molar-refractivity contribution < 1.29 is 0 Å². The molecule has 0 fully saturated rings. The van der Waals surface area contributed by atoms with Crippen molar-refractivity contribution in [3.8, 4) is 10.6 Å². The van der Waals surface area contributed by atoms with E-state index < -0.39 is 0 Å². The lowest BCUT2D eigenvalue weighted by atomic mass is 10.1. The van der Waals surface area contributed by atoms with E-state index in [2.05, 4.69) is 29.5 Å². The van der Waals surface area contributed by atoms with Crippen LogP contribution in [0.3, 0.4) is 0 Å². The number of anilines is 1. The fourth-order valence-corrected chi connectivity index (χ4v) is 3.32. The molecule has 2 aromatic rings. The third kappa shape index (κ3) is 2.12. The first-order valence-electron chi connectivity index (χ1n) is 6.44. The number of rotatable bonds is 1. The van der Waals surface area contributed by atoms with E-state index in [9.17, 15) is 0 Å². The molecule has 4 N–H and O–H groups in total. The van der Waals surface area contributed by atoms with Gasteiger partial charge in [-0.1, -0.05) is 0 Å². The third-order valence-electron chi connectivity index (χ3n) is 3.33. The molecule has 0 saturated carbocycles. The SMILES string of the molecule is Cc1ccc(-c2nn(C(=N)N)c3c2CCCCN3)s1. The van der Waals surface area contributed by atoms with Gasteiger partial charge in [-0.3, -0.25) is 5.41 Å². The fraction of sp³-hybridized carbons (Fsp3) is 0.385. The lowest BCUT2D eigenvalue weighted by molar-refractivity contribution is 0.781. The Morgan fingerprint density at radius 1 is 1.47 bits per heavy atom. The van der Waals surface area contributed by atoms with E-state index in [0.717, 1.165) is 42.2 Å². The summed E-state index contributed by atoms with van der Waals surface area (Å²) in [5.41, 5.74) is 7.79. The molecule has 3 rings (SSSR count). The predicted octanol–water partition coefficient (Wildman–Crippen LogP) is 2.41. The average Bonchev–Trinajstić information content (AvgIpc) is 2.86. The highest BCUT2D eigenvalue weighted by Gasteiger charge is 2.22. The first-order valence-corrected chi connectivity index (χ1v) is 7.25. The van der Waals surface area contributed by atoms with E-state index in [1.54, 1.807) is 11.3 Å². The van der Waals surface area contributed by atoms with Gasteiger partial charge < -0.3 is 11.1 Å². The molecule has 5 nitrogen and oxygen atoms in total. The fourth-order valence-electron chi connectivity index (χ4n) is 2.44. The third-order valence-corrected chi connectivity index (χ3v) is 4.34. The maximum absolute atomic E-state index is 7.67. The van der Waals surface area contributed by atoms with Crippen LogP contribution in [0.25, 0.3) is 10.6 Å². The molecule has 0 amide bonds. The van der Waals surface area contributed by atoms with Crippen LogP contribution in [0.4, 0.5) is 5.82 Å². The maximum atomic E-state index is 7.67. The van der Waals surface area contributed by atoms with E-state index in [1.165, 1.54) is 15.1 Å². The van der Waals surface area contributed by atoms with Crippen molar-refractivity contribution >= 4 is 23.1 Å². The van der Waals surface area contributed by atoms with Crippen LogP contribution < -0.4 is 11.1 Å². The summed E-state index contributed by atoms with van der Waals surface area (Å²) >= 11 is 1.73. The van der Waals surface area contributed by atoms with Gasteiger partial charge in [0.2, 0.25) is 5.96 Å². The lowest BCUT2D eigenvalue weighted by Gasteiger charge is -2.06. The van der Waals surface area contributed by atoms with Crippen molar-refractivity contribution in [2.45, 2.75) is 26.2 Å². The minimum atomic E-state index is -0.0369. The van der Waals surface area contributed by atoms with Crippen LogP contribution in [0.1, 0.15) is 23.3 Å². The number of hydrogen-bond donors (Lipinski definition) is 3. The molecule has 19 heavy (non-hydrogen) atoms. The normalized spacial score (nSPS) is 14.6. The van der Waals surface area contributed by atoms with Crippen molar-refractivity contribution in [3.63, 3.8) is 0 Å². The molecule has 0 spiro atoms. The number of nitrogens with one attached hydrogen (secondary N) is 2. The molecule has 0 aliphatic carbocycles. The van der Waals surface area contributed by atoms with E-state index in [4.69, 9.17) is 11.1 Å². The molecule has 0 saturated heterocycles. The van der Waals surface area contributed by atoms with Crippen molar-refractivity contribution in [1.82, 2.24) is 9.78 Å². The number of nitrogen functional groups attached to an aromatic ring is 1. The van der Waals surface area contributed by atoms with Crippen LogP contribution in [-0.4, -0.2) is 22.3 Å². The van der Waals surface area contributed by atoms with E-state index >= 15 is 0 Å². The standard InChI is InChI=1S/C13H17N5S/c1-8-5-6-10(19-8)11-9-4-2-3-7-16-12(9)18(17-11)13(14)15/h5-6,16H,2-4,7H2,1H3,(H3,14,15). The molecule has 0 radical (unpaired) electrons. The molecule has 1 aliphatic heterocycles. The Kier molecular flexibility index (Phi) is 3.02. The summed E-state index contributed by atoms with van der Waals surface area (Å²) in [6, 6.07) is 4.20. The molecule has 3 heterocycles. The van der Waals surface area contributed by atoms with Crippen LogP contribution in [0, 0.1) is 12.3 Å². The highest BCUT2D eigenvalue weighted by atomic mass is 32.1. The van der Waals surface area contributed by atoms with Crippen molar-refractivity contribution in [3.05, 3.63) is 22.6 Å². The highest BCUT2D eigenvalue weighted by Crippen LogP contribution is 2.35. The zero-order chi connectivity index (χ0) is 13.4. The molecule has 0 aromatic carbocycles. The predicted molar refractivity (Wildman–Crippen MR) is 79.0 cm³/mol. The number of hydrogen-bond acceptors (Lipinski definition) is 4. The van der Waals surface area contributed by atoms with Crippen LogP contribution in [0.5, 0.6) is 0 Å². The van der Waals surface area contributed by atoms with Gasteiger partial charge in [-0.15, -0.1) is 11.3 Å². The van der Waals surface area contributed by atoms with Gasteiger partial charge in [0.05, 0.1) is 4.88 Å². The summed E-state index contributed by atoms with van der Waals surface area (Å²) in [4.78, 5) is 2.42. The molecule has 0 bridgehead atoms. The number of nitrogens with two attached hydrogens (primary N) is 1. The average molecular weight is 275 g/mol. The number of fused-ring (bicyclic) bond motifs is 1. The molecule has 0 atom stereocenters. The second-order valence-electron chi connectivity index (χ2n) is 4.77. The van der Waals surface area contributed by atoms with Crippen LogP contribution in [0.2, 0.25) is 0 Å². The summed E-state index contributed by atoms with van der Waals surface area (Å²) in [7, 11) is 0. The summed E-state index contributed by atoms with van der Waals surface area (Å²) in [6.07, 6.45) is 3.26. The molecule has 0 unspecified atom stereocenters. The minimum Gasteiger partial charge on any atom is -0.370 e. The molecular formula is C13H17N5S. The van der Waals surface area contributed by atoms with Crippen LogP contribution in [-0.2, 0) is 6.42 Å². The maximum Gasteiger partial charge on any atom is 0.215 e. The van der Waals surface area contributed by atoms with Crippen molar-refractivity contribution in [2.75, 3.05) is 11.9 Å². The largest absolute Gasteiger partial charge is 0.370 e. The molecule has 6 heteroatoms. The topological polar surface area (TPSA) is 79.7 Å². The van der Waals surface area contributed by atoms with Crippen LogP contribution in [0.15, 0.2) is 12.1 Å². The van der Waals surface area contributed by atoms with Crippen molar-refractivity contribution in [1.29, 1.82) is 5.41 Å². The zero-order valence-corrected chi connectivity index (χ0v) is 11.7. The van der Waals surface area contributed by atoms with E-state index in [1.807, 2.05) is 0 Å². The van der Waals surface area contributed by atoms with Gasteiger partial charge in [-0.2, -0.15) is 9.78 Å². The van der Waals surface area contributed by atoms with E-state index in [0.29, 0.717) is 0 Å². The number of thiophene rings is 1. The second kappa shape index (κ2) is 4.70. The monoisotopic (exact) mass is 275 g/mol. The second-order valence-corrected chi connectivity index (χ2v) is 6.05. The summed E-state index contributed by atoms with van der Waals surface area (Å²) in [5, 5.41) is 15.6. The zero-order valence-electron chi connectivity index (χ0n) is 10.9. The highest BCUT2D eigenvalue weighted by molar-refractivity contribution is 7.15. The molecule has 1 aliphatic rings. The van der Waals surface area contributed by atoms with Gasteiger partial charge >= 0.3 is 0 Å². The van der Waals surface area contributed by atoms with E-state index in [-0.39, 0.29) is 5.96 Å². The van der Waals surface area contributed by atoms with Gasteiger partial charge in [0.15, 0.2) is 0 Å². The van der Waals surface area contributed by atoms with Gasteiger partial charge in [-0.25, -0.2) is 0 Å². The molecule has 100 valence electrons. The molecular weight excluding hydrogens is 258 g/mol. The Bertz CT molecular complexity index is 625. The van der Waals surface area contributed by atoms with Crippen molar-refractivity contribution in [2.24, 2.45) is 5.73 Å². The van der Waals surface area contributed by atoms with Crippen LogP contribution >= 0.6 is 11.3 Å². The first-order chi connectivity index (χ1) is 9.16. The Balaban J connectivity index is 2.16. The Hall–Kier alpha value is -1.82. The van der Waals surface area contributed by atoms with Gasteiger partial charge in [0.25, 0.3) is 0 Å².